The number of hydrogen-bond donors (Lipinski definition) is 0. The van der Waals surface area contributed by atoms with Crippen LogP contribution in [0.25, 0.3) is 0 Å². The summed E-state index contributed by atoms with van der Waals surface area (Å²) in [6.45, 7) is 0. The van der Waals surface area contributed by atoms with Crippen molar-refractivity contribution in [2.45, 2.75) is 12.8 Å². The summed E-state index contributed by atoms with van der Waals surface area (Å²) < 4.78 is 0. The van der Waals surface area contributed by atoms with Gasteiger partial charge in [0.1, 0.15) is 0 Å². The van der Waals surface area contributed by atoms with Crippen LogP contribution in [0.4, 0.5) is 0 Å². The molecule has 0 unspecified atom stereocenters. The molecule has 0 heteroatoms. The van der Waals surface area contributed by atoms with E-state index >= 15 is 0 Å². The summed E-state index contributed by atoms with van der Waals surface area (Å²) >= 11 is 0. The van der Waals surface area contributed by atoms with Gasteiger partial charge < -0.3 is 0 Å². The lowest BCUT2D eigenvalue weighted by molar-refractivity contribution is 1.18. The van der Waals surface area contributed by atoms with Crippen molar-refractivity contribution in [2.24, 2.45) is 5.92 Å². The largest absolute Gasteiger partial charge is 0.0945 e. The maximum Gasteiger partial charge on any atom is 0.0324 e. The summed E-state index contributed by atoms with van der Waals surface area (Å²) in [4.78, 5) is 0. The van der Waals surface area contributed by atoms with Crippen molar-refractivity contribution in [2.75, 3.05) is 0 Å². The molecule has 0 aromatic heterocycles. The monoisotopic (exact) mass is 141 g/mol. The van der Waals surface area contributed by atoms with Crippen molar-refractivity contribution in [1.82, 2.24) is 0 Å². The molecule has 2 rings (SSSR count). The first-order valence-electron chi connectivity index (χ1n) is 3.93. The smallest absolute Gasteiger partial charge is 0.0324 e. The molecule has 1 saturated carbocycles. The maximum atomic E-state index is 3.19. The van der Waals surface area contributed by atoms with Gasteiger partial charge in [0.2, 0.25) is 0 Å². The highest BCUT2D eigenvalue weighted by atomic mass is 14.2. The Balaban J connectivity index is 2.12. The van der Waals surface area contributed by atoms with Crippen LogP contribution in [0.2, 0.25) is 0 Å². The SMILES string of the molecule is C(#CC1CC1)c1[c]cccc1. The standard InChI is InChI=1S/C11H9/c1-2-4-10(5-3-1)6-7-11-8-9-11/h1-4,11H,8-9H2. The normalized spacial score (nSPS) is 15.3. The molecule has 11 heavy (non-hydrogen) atoms. The summed E-state index contributed by atoms with van der Waals surface area (Å²) in [6.07, 6.45) is 2.58. The molecule has 1 fully saturated rings. The van der Waals surface area contributed by atoms with Gasteiger partial charge in [-0.15, -0.1) is 0 Å². The zero-order valence-corrected chi connectivity index (χ0v) is 6.30. The molecule has 1 aromatic carbocycles. The molecule has 0 N–H and O–H groups in total. The quantitative estimate of drug-likeness (QED) is 0.486. The Hall–Kier alpha value is -1.22. The van der Waals surface area contributed by atoms with Crippen molar-refractivity contribution in [3.05, 3.63) is 35.9 Å². The van der Waals surface area contributed by atoms with E-state index in [9.17, 15) is 0 Å². The third-order valence-electron chi connectivity index (χ3n) is 1.70. The second-order valence-electron chi connectivity index (χ2n) is 2.82. The third kappa shape index (κ3) is 1.85. The lowest BCUT2D eigenvalue weighted by Crippen LogP contribution is -1.71. The fraction of sp³-hybridized carbons (Fsp3) is 0.273. The molecule has 53 valence electrons. The average Bonchev–Trinajstić information content (AvgIpc) is 2.86. The first-order valence-corrected chi connectivity index (χ1v) is 3.93. The van der Waals surface area contributed by atoms with Crippen LogP contribution in [0.3, 0.4) is 0 Å². The minimum atomic E-state index is 0.684. The molecule has 0 nitrogen and oxygen atoms in total. The van der Waals surface area contributed by atoms with Gasteiger partial charge in [-0.1, -0.05) is 30.0 Å². The molecule has 1 aromatic rings. The molecule has 1 aliphatic carbocycles. The van der Waals surface area contributed by atoms with E-state index in [1.54, 1.807) is 0 Å². The van der Waals surface area contributed by atoms with Crippen LogP contribution in [0.15, 0.2) is 24.3 Å². The highest BCUT2D eigenvalue weighted by molar-refractivity contribution is 5.33. The Kier molecular flexibility index (Phi) is 1.65. The number of rotatable bonds is 0. The minimum absolute atomic E-state index is 0.684. The van der Waals surface area contributed by atoms with Crippen molar-refractivity contribution in [1.29, 1.82) is 0 Å². The van der Waals surface area contributed by atoms with E-state index in [-0.39, 0.29) is 0 Å². The minimum Gasteiger partial charge on any atom is -0.0945 e. The fourth-order valence-electron chi connectivity index (χ4n) is 0.879. The molecule has 0 spiro atoms. The first kappa shape index (κ1) is 6.49. The third-order valence-corrected chi connectivity index (χ3v) is 1.70. The van der Waals surface area contributed by atoms with Crippen LogP contribution in [0, 0.1) is 23.8 Å². The topological polar surface area (TPSA) is 0 Å². The average molecular weight is 141 g/mol. The van der Waals surface area contributed by atoms with Gasteiger partial charge in [0.15, 0.2) is 0 Å². The molecule has 0 aliphatic heterocycles. The van der Waals surface area contributed by atoms with Gasteiger partial charge in [0.25, 0.3) is 0 Å². The van der Waals surface area contributed by atoms with Gasteiger partial charge in [0, 0.05) is 11.5 Å². The van der Waals surface area contributed by atoms with Crippen LogP contribution >= 0.6 is 0 Å². The van der Waals surface area contributed by atoms with E-state index < -0.39 is 0 Å². The Morgan fingerprint density at radius 2 is 2.27 bits per heavy atom. The van der Waals surface area contributed by atoms with E-state index in [0.29, 0.717) is 5.92 Å². The summed E-state index contributed by atoms with van der Waals surface area (Å²) in [5.41, 5.74) is 1.01. The lowest BCUT2D eigenvalue weighted by atomic mass is 10.2. The van der Waals surface area contributed by atoms with E-state index in [4.69, 9.17) is 0 Å². The van der Waals surface area contributed by atoms with Gasteiger partial charge in [-0.3, -0.25) is 0 Å². The van der Waals surface area contributed by atoms with Gasteiger partial charge in [-0.25, -0.2) is 0 Å². The van der Waals surface area contributed by atoms with E-state index in [1.165, 1.54) is 12.8 Å². The zero-order valence-electron chi connectivity index (χ0n) is 6.30. The van der Waals surface area contributed by atoms with Gasteiger partial charge in [-0.2, -0.15) is 0 Å². The Labute approximate surface area is 67.2 Å². The fourth-order valence-corrected chi connectivity index (χ4v) is 0.879. The highest BCUT2D eigenvalue weighted by Gasteiger charge is 2.17. The molecule has 1 aliphatic rings. The number of benzene rings is 1. The highest BCUT2D eigenvalue weighted by Crippen LogP contribution is 2.27. The first-order chi connectivity index (χ1) is 5.45. The molecule has 1 radical (unpaired) electrons. The molecular weight excluding hydrogens is 132 g/mol. The molecule has 0 saturated heterocycles. The van der Waals surface area contributed by atoms with E-state index in [2.05, 4.69) is 17.9 Å². The Morgan fingerprint density at radius 3 is 2.91 bits per heavy atom. The van der Waals surface area contributed by atoms with Crippen LogP contribution in [0.1, 0.15) is 18.4 Å². The zero-order chi connectivity index (χ0) is 7.52. The summed E-state index contributed by atoms with van der Waals surface area (Å²) in [6, 6.07) is 10.9. The maximum absolute atomic E-state index is 3.19. The molecule has 0 atom stereocenters. The Bertz CT molecular complexity index is 283. The number of hydrogen-bond acceptors (Lipinski definition) is 0. The van der Waals surface area contributed by atoms with E-state index in [0.717, 1.165) is 5.56 Å². The summed E-state index contributed by atoms with van der Waals surface area (Å²) in [5, 5.41) is 0. The van der Waals surface area contributed by atoms with Crippen molar-refractivity contribution in [3.63, 3.8) is 0 Å². The second kappa shape index (κ2) is 2.80. The van der Waals surface area contributed by atoms with Crippen LogP contribution in [0.5, 0.6) is 0 Å². The summed E-state index contributed by atoms with van der Waals surface area (Å²) in [5.74, 6) is 6.98. The van der Waals surface area contributed by atoms with Gasteiger partial charge in [-0.05, 0) is 25.0 Å². The van der Waals surface area contributed by atoms with Gasteiger partial charge in [0.05, 0.1) is 0 Å². The second-order valence-corrected chi connectivity index (χ2v) is 2.82. The lowest BCUT2D eigenvalue weighted by Gasteiger charge is -1.83. The van der Waals surface area contributed by atoms with Crippen LogP contribution < -0.4 is 0 Å². The summed E-state index contributed by atoms with van der Waals surface area (Å²) in [7, 11) is 0. The molecule has 0 bridgehead atoms. The molecule has 0 amide bonds. The van der Waals surface area contributed by atoms with Gasteiger partial charge >= 0.3 is 0 Å². The van der Waals surface area contributed by atoms with Crippen molar-refractivity contribution < 1.29 is 0 Å². The molecule has 0 heterocycles. The van der Waals surface area contributed by atoms with Crippen molar-refractivity contribution >= 4 is 0 Å². The van der Waals surface area contributed by atoms with E-state index in [1.807, 2.05) is 24.3 Å². The molecular formula is C11H9. The predicted molar refractivity (Wildman–Crippen MR) is 44.9 cm³/mol. The van der Waals surface area contributed by atoms with Crippen molar-refractivity contribution in [3.8, 4) is 11.8 Å². The van der Waals surface area contributed by atoms with Crippen LogP contribution in [-0.2, 0) is 0 Å². The Morgan fingerprint density at radius 1 is 1.36 bits per heavy atom. The van der Waals surface area contributed by atoms with Crippen LogP contribution in [-0.4, -0.2) is 0 Å². The predicted octanol–water partition coefficient (Wildman–Crippen LogP) is 2.25.